The van der Waals surface area contributed by atoms with E-state index in [1.54, 1.807) is 12.4 Å². The highest BCUT2D eigenvalue weighted by atomic mass is 32.2. The lowest BCUT2D eigenvalue weighted by atomic mass is 9.99. The van der Waals surface area contributed by atoms with Crippen molar-refractivity contribution in [3.63, 3.8) is 0 Å². The lowest BCUT2D eigenvalue weighted by molar-refractivity contribution is 0.375. The zero-order chi connectivity index (χ0) is 17.4. The third kappa shape index (κ3) is 2.98. The second-order valence-corrected chi connectivity index (χ2v) is 7.81. The number of rotatable bonds is 3. The van der Waals surface area contributed by atoms with E-state index in [0.717, 1.165) is 27.9 Å². The van der Waals surface area contributed by atoms with Crippen LogP contribution in [0, 0.1) is 0 Å². The zero-order valence-corrected chi connectivity index (χ0v) is 14.4. The summed E-state index contributed by atoms with van der Waals surface area (Å²) in [6, 6.07) is 14.9. The molecule has 4 rings (SSSR count). The molecule has 0 saturated carbocycles. The Morgan fingerprint density at radius 2 is 1.72 bits per heavy atom. The van der Waals surface area contributed by atoms with Gasteiger partial charge in [0.15, 0.2) is 0 Å². The maximum absolute atomic E-state index is 12.2. The monoisotopic (exact) mass is 352 g/mol. The highest BCUT2D eigenvalue weighted by Crippen LogP contribution is 2.34. The maximum Gasteiger partial charge on any atom is 0.247 e. The fraction of sp³-hybridized carbons (Fsp3) is 0.167. The summed E-state index contributed by atoms with van der Waals surface area (Å²) in [7, 11) is -3.47. The summed E-state index contributed by atoms with van der Waals surface area (Å²) in [4.78, 5) is 8.57. The molecule has 1 aromatic heterocycles. The second kappa shape index (κ2) is 5.93. The van der Waals surface area contributed by atoms with Gasteiger partial charge in [0.05, 0.1) is 29.0 Å². The van der Waals surface area contributed by atoms with Crippen molar-refractivity contribution >= 4 is 26.8 Å². The molecule has 0 N–H and O–H groups in total. The minimum Gasteiger partial charge on any atom is -0.253 e. The van der Waals surface area contributed by atoms with Crippen LogP contribution in [-0.4, -0.2) is 34.8 Å². The zero-order valence-electron chi connectivity index (χ0n) is 13.6. The van der Waals surface area contributed by atoms with E-state index in [1.165, 1.54) is 10.7 Å². The molecule has 25 heavy (non-hydrogen) atoms. The molecular formula is C18H16N4O2S. The average Bonchev–Trinajstić information content (AvgIpc) is 3.08. The van der Waals surface area contributed by atoms with E-state index in [2.05, 4.69) is 15.1 Å². The van der Waals surface area contributed by atoms with Crippen LogP contribution in [0.3, 0.4) is 0 Å². The molecule has 0 aliphatic carbocycles. The highest BCUT2D eigenvalue weighted by molar-refractivity contribution is 7.88. The van der Waals surface area contributed by atoms with Crippen LogP contribution in [0.4, 0.5) is 0 Å². The Bertz CT molecular complexity index is 1060. The first-order valence-electron chi connectivity index (χ1n) is 7.85. The van der Waals surface area contributed by atoms with Crippen molar-refractivity contribution in [3.8, 4) is 0 Å². The molecule has 2 aromatic carbocycles. The summed E-state index contributed by atoms with van der Waals surface area (Å²) in [6.45, 7) is 0. The third-order valence-corrected chi connectivity index (χ3v) is 5.21. The van der Waals surface area contributed by atoms with Gasteiger partial charge in [-0.2, -0.15) is 9.52 Å². The summed E-state index contributed by atoms with van der Waals surface area (Å²) < 4.78 is 25.6. The summed E-state index contributed by atoms with van der Waals surface area (Å²) >= 11 is 0. The molecule has 0 spiro atoms. The molecule has 0 bridgehead atoms. The van der Waals surface area contributed by atoms with Crippen molar-refractivity contribution in [1.82, 2.24) is 14.4 Å². The van der Waals surface area contributed by atoms with Crippen molar-refractivity contribution in [2.45, 2.75) is 12.5 Å². The van der Waals surface area contributed by atoms with Gasteiger partial charge in [0, 0.05) is 24.4 Å². The van der Waals surface area contributed by atoms with E-state index in [4.69, 9.17) is 0 Å². The van der Waals surface area contributed by atoms with Gasteiger partial charge < -0.3 is 0 Å². The summed E-state index contributed by atoms with van der Waals surface area (Å²) in [5.74, 6) is 0. The van der Waals surface area contributed by atoms with Gasteiger partial charge in [-0.15, -0.1) is 0 Å². The van der Waals surface area contributed by atoms with Crippen molar-refractivity contribution in [3.05, 3.63) is 72.1 Å². The number of benzene rings is 2. The molecule has 3 aromatic rings. The number of hydrogen-bond acceptors (Lipinski definition) is 5. The van der Waals surface area contributed by atoms with E-state index in [1.807, 2.05) is 48.5 Å². The van der Waals surface area contributed by atoms with E-state index < -0.39 is 10.0 Å². The van der Waals surface area contributed by atoms with Crippen LogP contribution >= 0.6 is 0 Å². The maximum atomic E-state index is 12.2. The number of nitrogens with zero attached hydrogens (tertiary/aromatic N) is 4. The topological polar surface area (TPSA) is 75.5 Å². The molecule has 0 amide bonds. The fourth-order valence-corrected chi connectivity index (χ4v) is 3.94. The molecule has 2 heterocycles. The molecule has 0 fully saturated rings. The SMILES string of the molecule is CS(=O)(=O)N1N=C(c2ccc3nccnc3c2)C[C@@H]1c1ccccc1. The predicted octanol–water partition coefficient (Wildman–Crippen LogP) is 2.74. The Kier molecular flexibility index (Phi) is 3.73. The van der Waals surface area contributed by atoms with Crippen molar-refractivity contribution in [2.75, 3.05) is 6.26 Å². The molecule has 0 radical (unpaired) electrons. The van der Waals surface area contributed by atoms with Crippen molar-refractivity contribution in [1.29, 1.82) is 0 Å². The first kappa shape index (κ1) is 15.7. The van der Waals surface area contributed by atoms with Crippen LogP contribution in [0.1, 0.15) is 23.6 Å². The van der Waals surface area contributed by atoms with E-state index >= 15 is 0 Å². The fourth-order valence-electron chi connectivity index (χ4n) is 3.03. The number of hydrazone groups is 1. The normalized spacial score (nSPS) is 17.7. The van der Waals surface area contributed by atoms with Gasteiger partial charge in [0.25, 0.3) is 0 Å². The minimum absolute atomic E-state index is 0.330. The quantitative estimate of drug-likeness (QED) is 0.726. The molecule has 0 saturated heterocycles. The highest BCUT2D eigenvalue weighted by Gasteiger charge is 2.34. The smallest absolute Gasteiger partial charge is 0.247 e. The van der Waals surface area contributed by atoms with E-state index in [0.29, 0.717) is 6.42 Å². The molecule has 1 atom stereocenters. The van der Waals surface area contributed by atoms with Crippen LogP contribution in [0.5, 0.6) is 0 Å². The van der Waals surface area contributed by atoms with Gasteiger partial charge in [0.2, 0.25) is 10.0 Å². The number of fused-ring (bicyclic) bond motifs is 1. The molecule has 1 aliphatic heterocycles. The van der Waals surface area contributed by atoms with Gasteiger partial charge >= 0.3 is 0 Å². The number of hydrogen-bond donors (Lipinski definition) is 0. The molecule has 0 unspecified atom stereocenters. The third-order valence-electron chi connectivity index (χ3n) is 4.20. The van der Waals surface area contributed by atoms with Crippen molar-refractivity contribution in [2.24, 2.45) is 5.10 Å². The van der Waals surface area contributed by atoms with Crippen molar-refractivity contribution < 1.29 is 8.42 Å². The molecule has 1 aliphatic rings. The summed E-state index contributed by atoms with van der Waals surface area (Å²) in [5.41, 5.74) is 4.07. The predicted molar refractivity (Wildman–Crippen MR) is 96.6 cm³/mol. The van der Waals surface area contributed by atoms with Crippen LogP contribution in [-0.2, 0) is 10.0 Å². The van der Waals surface area contributed by atoms with Gasteiger partial charge in [-0.25, -0.2) is 8.42 Å². The first-order chi connectivity index (χ1) is 12.0. The Morgan fingerprint density at radius 3 is 2.44 bits per heavy atom. The Labute approximate surface area is 145 Å². The lowest BCUT2D eigenvalue weighted by Gasteiger charge is -2.21. The second-order valence-electron chi connectivity index (χ2n) is 5.97. The summed E-state index contributed by atoms with van der Waals surface area (Å²) in [5, 5.41) is 4.41. The molecule has 126 valence electrons. The Hall–Kier alpha value is -2.80. The van der Waals surface area contributed by atoms with Gasteiger partial charge in [0.1, 0.15) is 0 Å². The van der Waals surface area contributed by atoms with Crippen LogP contribution in [0.2, 0.25) is 0 Å². The Balaban J connectivity index is 1.77. The van der Waals surface area contributed by atoms with Gasteiger partial charge in [-0.05, 0) is 17.7 Å². The lowest BCUT2D eigenvalue weighted by Crippen LogP contribution is -2.25. The first-order valence-corrected chi connectivity index (χ1v) is 9.70. The van der Waals surface area contributed by atoms with Gasteiger partial charge in [-0.1, -0.05) is 36.4 Å². The molecule has 6 nitrogen and oxygen atoms in total. The van der Waals surface area contributed by atoms with E-state index in [-0.39, 0.29) is 6.04 Å². The largest absolute Gasteiger partial charge is 0.253 e. The van der Waals surface area contributed by atoms with Gasteiger partial charge in [-0.3, -0.25) is 9.97 Å². The standard InChI is InChI=1S/C18H16N4O2S/c1-25(23,24)22-18(13-5-3-2-4-6-13)12-16(21-22)14-7-8-15-17(11-14)20-10-9-19-15/h2-11,18H,12H2,1H3/t18-/m1/s1. The van der Waals surface area contributed by atoms with Crippen LogP contribution in [0.15, 0.2) is 66.0 Å². The Morgan fingerprint density at radius 1 is 1.00 bits per heavy atom. The average molecular weight is 352 g/mol. The molecular weight excluding hydrogens is 336 g/mol. The number of aromatic nitrogens is 2. The van der Waals surface area contributed by atoms with E-state index in [9.17, 15) is 8.42 Å². The minimum atomic E-state index is -3.47. The van der Waals surface area contributed by atoms with Crippen LogP contribution in [0.25, 0.3) is 11.0 Å². The van der Waals surface area contributed by atoms with Crippen LogP contribution < -0.4 is 0 Å². The molecule has 7 heteroatoms. The number of sulfonamides is 1. The summed E-state index contributed by atoms with van der Waals surface area (Å²) in [6.07, 6.45) is 4.98.